The van der Waals surface area contributed by atoms with Gasteiger partial charge in [-0.3, -0.25) is 9.36 Å². The number of benzene rings is 1. The van der Waals surface area contributed by atoms with Crippen LogP contribution in [0.25, 0.3) is 16.6 Å². The number of rotatable bonds is 2. The van der Waals surface area contributed by atoms with Gasteiger partial charge in [-0.1, -0.05) is 41.4 Å². The first kappa shape index (κ1) is 15.4. The summed E-state index contributed by atoms with van der Waals surface area (Å²) < 4.78 is 7.79. The molecule has 0 aliphatic carbocycles. The molecule has 23 heavy (non-hydrogen) atoms. The van der Waals surface area contributed by atoms with Crippen molar-refractivity contribution in [1.29, 1.82) is 5.26 Å². The highest BCUT2D eigenvalue weighted by molar-refractivity contribution is 6.45. The van der Waals surface area contributed by atoms with Crippen molar-refractivity contribution in [3.63, 3.8) is 0 Å². The topological polar surface area (TPSA) is 72.8 Å². The van der Waals surface area contributed by atoms with Crippen molar-refractivity contribution < 1.29 is 4.74 Å². The van der Waals surface area contributed by atoms with Gasteiger partial charge in [0, 0.05) is 12.4 Å². The van der Waals surface area contributed by atoms with Gasteiger partial charge in [0.15, 0.2) is 11.4 Å². The predicted octanol–water partition coefficient (Wildman–Crippen LogP) is 2.91. The number of nitrogens with zero attached hydrogens (tertiary/aromatic N) is 4. The second kappa shape index (κ2) is 5.61. The first-order valence-electron chi connectivity index (χ1n) is 6.51. The molecule has 116 valence electrons. The van der Waals surface area contributed by atoms with E-state index in [0.717, 1.165) is 4.68 Å². The maximum atomic E-state index is 12.6. The third kappa shape index (κ3) is 2.17. The van der Waals surface area contributed by atoms with Crippen LogP contribution in [0, 0.1) is 11.3 Å². The van der Waals surface area contributed by atoms with Gasteiger partial charge in [0.05, 0.1) is 17.6 Å². The van der Waals surface area contributed by atoms with E-state index in [-0.39, 0.29) is 22.3 Å². The Morgan fingerprint density at radius 1 is 1.30 bits per heavy atom. The van der Waals surface area contributed by atoms with E-state index in [9.17, 15) is 10.1 Å². The van der Waals surface area contributed by atoms with Crippen LogP contribution in [-0.2, 0) is 7.05 Å². The minimum atomic E-state index is -0.458. The Kier molecular flexibility index (Phi) is 3.76. The van der Waals surface area contributed by atoms with E-state index in [2.05, 4.69) is 5.10 Å². The van der Waals surface area contributed by atoms with Gasteiger partial charge in [0.25, 0.3) is 5.56 Å². The fourth-order valence-corrected chi connectivity index (χ4v) is 2.98. The number of hydrogen-bond donors (Lipinski definition) is 0. The van der Waals surface area contributed by atoms with Crippen molar-refractivity contribution in [3.8, 4) is 17.5 Å². The molecule has 0 aliphatic heterocycles. The highest BCUT2D eigenvalue weighted by atomic mass is 35.5. The molecule has 2 heterocycles. The van der Waals surface area contributed by atoms with Gasteiger partial charge in [-0.15, -0.1) is 0 Å². The lowest BCUT2D eigenvalue weighted by Gasteiger charge is -2.13. The summed E-state index contributed by atoms with van der Waals surface area (Å²) in [5.74, 6) is 0.0509. The summed E-state index contributed by atoms with van der Waals surface area (Å²) in [5.41, 5.74) is 0.248. The van der Waals surface area contributed by atoms with E-state index in [0.29, 0.717) is 15.9 Å². The molecule has 0 saturated heterocycles. The Labute approximate surface area is 141 Å². The maximum absolute atomic E-state index is 12.6. The van der Waals surface area contributed by atoms with Crippen LogP contribution in [0.5, 0.6) is 5.75 Å². The van der Waals surface area contributed by atoms with E-state index in [4.69, 9.17) is 27.9 Å². The highest BCUT2D eigenvalue weighted by Crippen LogP contribution is 2.38. The lowest BCUT2D eigenvalue weighted by Crippen LogP contribution is -2.26. The molecule has 0 radical (unpaired) electrons. The van der Waals surface area contributed by atoms with Crippen molar-refractivity contribution in [2.24, 2.45) is 7.05 Å². The van der Waals surface area contributed by atoms with E-state index in [1.807, 2.05) is 12.1 Å². The van der Waals surface area contributed by atoms with E-state index < -0.39 is 5.56 Å². The van der Waals surface area contributed by atoms with Crippen LogP contribution in [-0.4, -0.2) is 21.5 Å². The third-order valence-corrected chi connectivity index (χ3v) is 4.31. The zero-order valence-electron chi connectivity index (χ0n) is 12.2. The lowest BCUT2D eigenvalue weighted by molar-refractivity contribution is 0.404. The van der Waals surface area contributed by atoms with Gasteiger partial charge in [-0.25, -0.2) is 4.68 Å². The van der Waals surface area contributed by atoms with E-state index in [1.54, 1.807) is 18.2 Å². The maximum Gasteiger partial charge on any atom is 0.294 e. The van der Waals surface area contributed by atoms with Crippen LogP contribution in [0.3, 0.4) is 0 Å². The van der Waals surface area contributed by atoms with Crippen molar-refractivity contribution >= 4 is 34.1 Å². The fourth-order valence-electron chi connectivity index (χ4n) is 2.45. The molecule has 0 unspecified atom stereocenters. The summed E-state index contributed by atoms with van der Waals surface area (Å²) in [5, 5.41) is 14.3. The van der Waals surface area contributed by atoms with Crippen LogP contribution < -0.4 is 10.3 Å². The normalized spacial score (nSPS) is 10.7. The number of ether oxygens (including phenoxy) is 1. The number of aromatic nitrogens is 3. The molecule has 0 bridgehead atoms. The van der Waals surface area contributed by atoms with Gasteiger partial charge < -0.3 is 4.74 Å². The summed E-state index contributed by atoms with van der Waals surface area (Å²) in [7, 11) is 2.81. The molecular weight excluding hydrogens is 339 g/mol. The fraction of sp³-hybridized carbons (Fsp3) is 0.133. The van der Waals surface area contributed by atoms with Gasteiger partial charge in [-0.2, -0.15) is 10.4 Å². The zero-order valence-corrected chi connectivity index (χ0v) is 13.7. The Balaban J connectivity index is 2.55. The van der Waals surface area contributed by atoms with Crippen molar-refractivity contribution in [3.05, 3.63) is 50.5 Å². The standard InChI is InChI=1S/C15H10Cl2N4O2/c1-20-15(22)12(13(23-2)9(7-18)19-20)21-10-6-4-3-5-8(10)11(16)14(21)17/h3-6H,1-2H3. The SMILES string of the molecule is COc1c(C#N)nn(C)c(=O)c1-n1c(Cl)c(Cl)c2ccccc21. The number of aryl methyl sites for hydroxylation is 1. The molecule has 0 aliphatic rings. The molecule has 0 N–H and O–H groups in total. The first-order chi connectivity index (χ1) is 11.0. The van der Waals surface area contributed by atoms with E-state index in [1.165, 1.54) is 18.7 Å². The molecule has 2 aromatic heterocycles. The monoisotopic (exact) mass is 348 g/mol. The van der Waals surface area contributed by atoms with Crippen molar-refractivity contribution in [1.82, 2.24) is 14.3 Å². The number of halogens is 2. The number of methoxy groups -OCH3 is 1. The molecular formula is C15H10Cl2N4O2. The Bertz CT molecular complexity index is 1030. The Morgan fingerprint density at radius 3 is 2.65 bits per heavy atom. The van der Waals surface area contributed by atoms with Crippen molar-refractivity contribution in [2.45, 2.75) is 0 Å². The van der Waals surface area contributed by atoms with Gasteiger partial charge in [-0.05, 0) is 6.07 Å². The highest BCUT2D eigenvalue weighted by Gasteiger charge is 2.24. The molecule has 0 atom stereocenters. The van der Waals surface area contributed by atoms with Gasteiger partial charge in [0.1, 0.15) is 11.2 Å². The number of nitriles is 1. The lowest BCUT2D eigenvalue weighted by atomic mass is 10.2. The molecule has 6 nitrogen and oxygen atoms in total. The molecule has 3 aromatic rings. The third-order valence-electron chi connectivity index (χ3n) is 3.47. The quantitative estimate of drug-likeness (QED) is 0.713. The summed E-state index contributed by atoms with van der Waals surface area (Å²) in [6, 6.07) is 9.10. The largest absolute Gasteiger partial charge is 0.491 e. The number of para-hydroxylation sites is 1. The molecule has 0 fully saturated rings. The van der Waals surface area contributed by atoms with Crippen LogP contribution in [0.15, 0.2) is 29.1 Å². The molecule has 0 saturated carbocycles. The Hall–Kier alpha value is -2.49. The van der Waals surface area contributed by atoms with Gasteiger partial charge >= 0.3 is 0 Å². The van der Waals surface area contributed by atoms with Crippen LogP contribution in [0.4, 0.5) is 0 Å². The summed E-state index contributed by atoms with van der Waals surface area (Å²) in [6.45, 7) is 0. The molecule has 3 rings (SSSR count). The second-order valence-electron chi connectivity index (χ2n) is 4.73. The minimum absolute atomic E-state index is 0.0189. The first-order valence-corrected chi connectivity index (χ1v) is 7.27. The van der Waals surface area contributed by atoms with Crippen LogP contribution in [0.2, 0.25) is 10.2 Å². The molecule has 1 aromatic carbocycles. The van der Waals surface area contributed by atoms with Crippen LogP contribution in [0.1, 0.15) is 5.69 Å². The van der Waals surface area contributed by atoms with Crippen molar-refractivity contribution in [2.75, 3.05) is 7.11 Å². The average molecular weight is 349 g/mol. The smallest absolute Gasteiger partial charge is 0.294 e. The zero-order chi connectivity index (χ0) is 16.7. The summed E-state index contributed by atoms with van der Waals surface area (Å²) in [4.78, 5) is 12.6. The van der Waals surface area contributed by atoms with E-state index >= 15 is 0 Å². The summed E-state index contributed by atoms with van der Waals surface area (Å²) in [6.07, 6.45) is 0. The van der Waals surface area contributed by atoms with Crippen LogP contribution >= 0.6 is 23.2 Å². The summed E-state index contributed by atoms with van der Waals surface area (Å²) >= 11 is 12.6. The second-order valence-corrected chi connectivity index (χ2v) is 5.46. The minimum Gasteiger partial charge on any atom is -0.491 e. The molecule has 8 heteroatoms. The molecule has 0 spiro atoms. The average Bonchev–Trinajstić information content (AvgIpc) is 2.81. The predicted molar refractivity (Wildman–Crippen MR) is 87.6 cm³/mol. The van der Waals surface area contributed by atoms with Gasteiger partial charge in [0.2, 0.25) is 5.69 Å². The Morgan fingerprint density at radius 2 is 2.00 bits per heavy atom. The number of fused-ring (bicyclic) bond motifs is 1. The number of hydrogen-bond acceptors (Lipinski definition) is 4. The molecule has 0 amide bonds.